The van der Waals surface area contributed by atoms with Crippen molar-refractivity contribution in [2.75, 3.05) is 31.6 Å². The summed E-state index contributed by atoms with van der Waals surface area (Å²) < 4.78 is 19.0. The highest BCUT2D eigenvalue weighted by molar-refractivity contribution is 5.90. The van der Waals surface area contributed by atoms with Gasteiger partial charge in [0, 0.05) is 18.8 Å². The highest BCUT2D eigenvalue weighted by Gasteiger charge is 2.23. The Morgan fingerprint density at radius 3 is 2.76 bits per heavy atom. The lowest BCUT2D eigenvalue weighted by Gasteiger charge is -2.32. The van der Waals surface area contributed by atoms with Gasteiger partial charge in [-0.25, -0.2) is 9.18 Å². The Bertz CT molecular complexity index is 736. The number of nitrogens with one attached hydrogen (secondary N) is 1. The van der Waals surface area contributed by atoms with Gasteiger partial charge in [0.15, 0.2) is 0 Å². The summed E-state index contributed by atoms with van der Waals surface area (Å²) in [6.07, 6.45) is 0.724. The van der Waals surface area contributed by atoms with Crippen molar-refractivity contribution in [1.29, 1.82) is 0 Å². The Hall–Kier alpha value is -2.44. The van der Waals surface area contributed by atoms with Gasteiger partial charge in [0.1, 0.15) is 5.82 Å². The van der Waals surface area contributed by atoms with E-state index in [2.05, 4.69) is 5.32 Å². The molecule has 6 heteroatoms. The van der Waals surface area contributed by atoms with Gasteiger partial charge in [-0.05, 0) is 48.4 Å². The maximum Gasteiger partial charge on any atom is 0.322 e. The van der Waals surface area contributed by atoms with Crippen LogP contribution in [0.5, 0.6) is 0 Å². The van der Waals surface area contributed by atoms with Gasteiger partial charge in [-0.3, -0.25) is 0 Å². The molecule has 1 aliphatic rings. The lowest BCUT2D eigenvalue weighted by molar-refractivity contribution is -0.0146. The molecule has 3 rings (SSSR count). The highest BCUT2D eigenvalue weighted by atomic mass is 19.1. The number of anilines is 1. The standard InChI is InChI=1S/C19H22FN3O2/c20-16-5-1-3-14(11-16)15-4-2-6-17(12-15)22-19(24)23-9-10-25-18(13-23)7-8-21/h1-6,11-12,18H,7-10,13,21H2,(H,22,24). The second-order valence-electron chi connectivity index (χ2n) is 6.04. The van der Waals surface area contributed by atoms with Crippen molar-refractivity contribution in [3.8, 4) is 11.1 Å². The van der Waals surface area contributed by atoms with E-state index < -0.39 is 0 Å². The zero-order chi connectivity index (χ0) is 17.6. The van der Waals surface area contributed by atoms with Gasteiger partial charge in [-0.15, -0.1) is 0 Å². The third-order valence-electron chi connectivity index (χ3n) is 4.19. The lowest BCUT2D eigenvalue weighted by Crippen LogP contribution is -2.47. The predicted octanol–water partition coefficient (Wildman–Crippen LogP) is 3.07. The van der Waals surface area contributed by atoms with Crippen LogP contribution in [0.25, 0.3) is 11.1 Å². The summed E-state index contributed by atoms with van der Waals surface area (Å²) in [7, 11) is 0. The molecule has 1 atom stereocenters. The van der Waals surface area contributed by atoms with Gasteiger partial charge in [0.05, 0.1) is 12.7 Å². The number of hydrogen-bond acceptors (Lipinski definition) is 3. The Balaban J connectivity index is 1.68. The number of urea groups is 1. The van der Waals surface area contributed by atoms with E-state index in [1.165, 1.54) is 12.1 Å². The fourth-order valence-electron chi connectivity index (χ4n) is 2.91. The van der Waals surface area contributed by atoms with E-state index in [0.29, 0.717) is 31.9 Å². The van der Waals surface area contributed by atoms with Crippen LogP contribution in [-0.2, 0) is 4.74 Å². The smallest absolute Gasteiger partial charge is 0.322 e. The maximum absolute atomic E-state index is 13.4. The number of morpholine rings is 1. The number of halogens is 1. The molecule has 0 aromatic heterocycles. The van der Waals surface area contributed by atoms with Crippen molar-refractivity contribution in [1.82, 2.24) is 4.90 Å². The normalized spacial score (nSPS) is 17.4. The van der Waals surface area contributed by atoms with Crippen LogP contribution < -0.4 is 11.1 Å². The summed E-state index contributed by atoms with van der Waals surface area (Å²) in [5.41, 5.74) is 7.85. The highest BCUT2D eigenvalue weighted by Crippen LogP contribution is 2.23. The molecule has 1 saturated heterocycles. The predicted molar refractivity (Wildman–Crippen MR) is 95.8 cm³/mol. The number of carbonyl (C=O) groups is 1. The SMILES string of the molecule is NCCC1CN(C(=O)Nc2cccc(-c3cccc(F)c3)c2)CCO1. The topological polar surface area (TPSA) is 67.6 Å². The minimum absolute atomic E-state index is 0.0110. The molecular formula is C19H22FN3O2. The molecule has 5 nitrogen and oxygen atoms in total. The summed E-state index contributed by atoms with van der Waals surface area (Å²) in [6.45, 7) is 2.14. The largest absolute Gasteiger partial charge is 0.374 e. The molecule has 2 aromatic carbocycles. The second kappa shape index (κ2) is 8.09. The molecule has 25 heavy (non-hydrogen) atoms. The van der Waals surface area contributed by atoms with Crippen molar-refractivity contribution in [3.63, 3.8) is 0 Å². The fourth-order valence-corrected chi connectivity index (χ4v) is 2.91. The Kier molecular flexibility index (Phi) is 5.63. The first kappa shape index (κ1) is 17.4. The Morgan fingerprint density at radius 2 is 2.00 bits per heavy atom. The lowest BCUT2D eigenvalue weighted by atomic mass is 10.1. The monoisotopic (exact) mass is 343 g/mol. The van der Waals surface area contributed by atoms with E-state index in [1.807, 2.05) is 30.3 Å². The number of nitrogens with two attached hydrogens (primary N) is 1. The molecular weight excluding hydrogens is 321 g/mol. The number of nitrogens with zero attached hydrogens (tertiary/aromatic N) is 1. The van der Waals surface area contributed by atoms with Crippen LogP contribution in [0, 0.1) is 5.82 Å². The molecule has 2 amide bonds. The molecule has 1 heterocycles. The second-order valence-corrected chi connectivity index (χ2v) is 6.04. The van der Waals surface area contributed by atoms with Crippen LogP contribution in [0.15, 0.2) is 48.5 Å². The third kappa shape index (κ3) is 4.55. The van der Waals surface area contributed by atoms with Crippen molar-refractivity contribution in [2.24, 2.45) is 5.73 Å². The zero-order valence-corrected chi connectivity index (χ0v) is 14.0. The van der Waals surface area contributed by atoms with Gasteiger partial charge < -0.3 is 20.7 Å². The van der Waals surface area contributed by atoms with Crippen LogP contribution in [-0.4, -0.2) is 43.3 Å². The summed E-state index contributed by atoms with van der Waals surface area (Å²) in [5, 5.41) is 2.91. The Labute approximate surface area is 146 Å². The van der Waals surface area contributed by atoms with E-state index in [4.69, 9.17) is 10.5 Å². The van der Waals surface area contributed by atoms with Crippen LogP contribution in [0.4, 0.5) is 14.9 Å². The molecule has 0 radical (unpaired) electrons. The van der Waals surface area contributed by atoms with Gasteiger partial charge in [-0.2, -0.15) is 0 Å². The number of amides is 2. The minimum atomic E-state index is -0.286. The van der Waals surface area contributed by atoms with Gasteiger partial charge in [0.2, 0.25) is 0 Å². The van der Waals surface area contributed by atoms with Crippen molar-refractivity contribution in [2.45, 2.75) is 12.5 Å². The van der Waals surface area contributed by atoms with Crippen molar-refractivity contribution < 1.29 is 13.9 Å². The quantitative estimate of drug-likeness (QED) is 0.896. The first-order chi connectivity index (χ1) is 12.2. The average Bonchev–Trinajstić information content (AvgIpc) is 2.62. The van der Waals surface area contributed by atoms with Gasteiger partial charge in [-0.1, -0.05) is 24.3 Å². The van der Waals surface area contributed by atoms with Crippen molar-refractivity contribution >= 4 is 11.7 Å². The average molecular weight is 343 g/mol. The van der Waals surface area contributed by atoms with Crippen LogP contribution in [0.1, 0.15) is 6.42 Å². The maximum atomic E-state index is 13.4. The van der Waals surface area contributed by atoms with E-state index in [-0.39, 0.29) is 18.0 Å². The van der Waals surface area contributed by atoms with Crippen molar-refractivity contribution in [3.05, 3.63) is 54.3 Å². The third-order valence-corrected chi connectivity index (χ3v) is 4.19. The molecule has 0 saturated carbocycles. The van der Waals surface area contributed by atoms with E-state index >= 15 is 0 Å². The molecule has 1 aliphatic heterocycles. The summed E-state index contributed by atoms with van der Waals surface area (Å²) in [4.78, 5) is 14.2. The number of benzene rings is 2. The number of hydrogen-bond donors (Lipinski definition) is 2. The molecule has 2 aromatic rings. The van der Waals surface area contributed by atoms with Crippen LogP contribution >= 0.6 is 0 Å². The fraction of sp³-hybridized carbons (Fsp3) is 0.316. The van der Waals surface area contributed by atoms with Crippen LogP contribution in [0.3, 0.4) is 0 Å². The molecule has 0 bridgehead atoms. The summed E-state index contributed by atoms with van der Waals surface area (Å²) in [6, 6.07) is 13.6. The van der Waals surface area contributed by atoms with E-state index in [9.17, 15) is 9.18 Å². The summed E-state index contributed by atoms with van der Waals surface area (Å²) >= 11 is 0. The first-order valence-corrected chi connectivity index (χ1v) is 8.39. The summed E-state index contributed by atoms with van der Waals surface area (Å²) in [5.74, 6) is -0.286. The number of rotatable bonds is 4. The number of ether oxygens (including phenoxy) is 1. The molecule has 3 N–H and O–H groups in total. The molecule has 132 valence electrons. The Morgan fingerprint density at radius 1 is 1.24 bits per heavy atom. The van der Waals surface area contributed by atoms with E-state index in [1.54, 1.807) is 11.0 Å². The molecule has 0 aliphatic carbocycles. The van der Waals surface area contributed by atoms with Crippen LogP contribution in [0.2, 0.25) is 0 Å². The van der Waals surface area contributed by atoms with Gasteiger partial charge in [0.25, 0.3) is 0 Å². The van der Waals surface area contributed by atoms with E-state index in [0.717, 1.165) is 17.5 Å². The zero-order valence-electron chi connectivity index (χ0n) is 14.0. The number of carbonyl (C=O) groups excluding carboxylic acids is 1. The minimum Gasteiger partial charge on any atom is -0.374 e. The molecule has 1 unspecified atom stereocenters. The molecule has 1 fully saturated rings. The van der Waals surface area contributed by atoms with Gasteiger partial charge >= 0.3 is 6.03 Å². The first-order valence-electron chi connectivity index (χ1n) is 8.39. The molecule has 0 spiro atoms.